The van der Waals surface area contributed by atoms with Crippen molar-refractivity contribution in [3.05, 3.63) is 29.8 Å². The number of hydrogen-bond acceptors (Lipinski definition) is 5. The molecule has 0 saturated heterocycles. The molecule has 6 heteroatoms. The van der Waals surface area contributed by atoms with Crippen LogP contribution in [0.1, 0.15) is 11.7 Å². The Bertz CT molecular complexity index is 458. The highest BCUT2D eigenvalue weighted by molar-refractivity contribution is 7.91. The van der Waals surface area contributed by atoms with Gasteiger partial charge in [0.15, 0.2) is 9.84 Å². The molecule has 2 atom stereocenters. The summed E-state index contributed by atoms with van der Waals surface area (Å²) in [6, 6.07) is 6.29. The third-order valence-electron chi connectivity index (χ3n) is 2.33. The number of nitrogens with two attached hydrogens (primary N) is 1. The third-order valence-corrected chi connectivity index (χ3v) is 3.84. The fourth-order valence-electron chi connectivity index (χ4n) is 1.43. The van der Waals surface area contributed by atoms with Crippen LogP contribution in [0.4, 0.5) is 5.69 Å². The van der Waals surface area contributed by atoms with Gasteiger partial charge in [0.2, 0.25) is 0 Å². The van der Waals surface area contributed by atoms with Crippen LogP contribution in [0.5, 0.6) is 0 Å². The summed E-state index contributed by atoms with van der Waals surface area (Å²) >= 11 is 0. The third kappa shape index (κ3) is 2.94. The molecule has 0 amide bonds. The molecule has 1 aromatic carbocycles. The first-order chi connectivity index (χ1) is 7.36. The molecule has 0 aliphatic rings. The number of aliphatic hydroxyl groups is 2. The first-order valence-corrected chi connectivity index (χ1v) is 6.65. The highest BCUT2D eigenvalue weighted by atomic mass is 32.2. The molecule has 1 aromatic rings. The van der Waals surface area contributed by atoms with E-state index >= 15 is 0 Å². The molecule has 0 fully saturated rings. The quantitative estimate of drug-likeness (QED) is 0.633. The average Bonchev–Trinajstić information content (AvgIpc) is 2.16. The molecule has 0 radical (unpaired) electrons. The number of anilines is 1. The molecule has 0 bridgehead atoms. The van der Waals surface area contributed by atoms with Gasteiger partial charge in [-0.2, -0.15) is 0 Å². The molecule has 0 saturated carbocycles. The van der Waals surface area contributed by atoms with Crippen molar-refractivity contribution in [1.29, 1.82) is 0 Å². The van der Waals surface area contributed by atoms with Crippen molar-refractivity contribution >= 4 is 15.5 Å². The number of benzene rings is 1. The van der Waals surface area contributed by atoms with Crippen molar-refractivity contribution in [3.8, 4) is 0 Å². The second-order valence-corrected chi connectivity index (χ2v) is 5.93. The van der Waals surface area contributed by atoms with Crippen LogP contribution < -0.4 is 5.73 Å². The van der Waals surface area contributed by atoms with E-state index in [1.807, 2.05) is 0 Å². The summed E-state index contributed by atoms with van der Waals surface area (Å²) in [6.45, 7) is -0.630. The maximum atomic E-state index is 11.3. The van der Waals surface area contributed by atoms with Crippen LogP contribution in [0, 0.1) is 0 Å². The number of nitrogen functional groups attached to an aromatic ring is 1. The van der Waals surface area contributed by atoms with Crippen LogP contribution in [-0.4, -0.2) is 36.7 Å². The summed E-state index contributed by atoms with van der Waals surface area (Å²) in [5, 5.41) is 17.6. The highest BCUT2D eigenvalue weighted by Crippen LogP contribution is 2.23. The molecule has 0 unspecified atom stereocenters. The highest BCUT2D eigenvalue weighted by Gasteiger charge is 2.29. The second kappa shape index (κ2) is 4.82. The molecule has 0 spiro atoms. The van der Waals surface area contributed by atoms with Crippen LogP contribution >= 0.6 is 0 Å². The number of hydrogen-bond donors (Lipinski definition) is 3. The molecular formula is C10H15NO4S. The summed E-state index contributed by atoms with van der Waals surface area (Å²) in [7, 11) is -3.52. The smallest absolute Gasteiger partial charge is 0.155 e. The van der Waals surface area contributed by atoms with Crippen LogP contribution in [-0.2, 0) is 9.84 Å². The molecule has 4 N–H and O–H groups in total. The Balaban J connectivity index is 3.05. The molecule has 0 heterocycles. The first-order valence-electron chi connectivity index (χ1n) is 4.69. The monoisotopic (exact) mass is 245 g/mol. The van der Waals surface area contributed by atoms with Gasteiger partial charge in [0, 0.05) is 11.9 Å². The Labute approximate surface area is 94.4 Å². The van der Waals surface area contributed by atoms with Crippen molar-refractivity contribution < 1.29 is 18.6 Å². The Morgan fingerprint density at radius 2 is 2.06 bits per heavy atom. The van der Waals surface area contributed by atoms with Crippen LogP contribution in [0.15, 0.2) is 24.3 Å². The van der Waals surface area contributed by atoms with E-state index in [2.05, 4.69) is 0 Å². The van der Waals surface area contributed by atoms with Crippen LogP contribution in [0.2, 0.25) is 0 Å². The normalized spacial score (nSPS) is 15.7. The van der Waals surface area contributed by atoms with Gasteiger partial charge in [-0.1, -0.05) is 12.1 Å². The molecule has 1 rings (SSSR count). The van der Waals surface area contributed by atoms with Gasteiger partial charge < -0.3 is 15.9 Å². The van der Waals surface area contributed by atoms with Gasteiger partial charge in [0.1, 0.15) is 5.25 Å². The minimum absolute atomic E-state index is 0.379. The SMILES string of the molecule is CS(=O)(=O)[C@H](CO)[C@@H](O)c1cccc(N)c1. The summed E-state index contributed by atoms with van der Waals surface area (Å²) < 4.78 is 22.6. The van der Waals surface area contributed by atoms with E-state index in [9.17, 15) is 13.5 Å². The summed E-state index contributed by atoms with van der Waals surface area (Å²) in [6.07, 6.45) is -0.299. The summed E-state index contributed by atoms with van der Waals surface area (Å²) in [5.74, 6) is 0. The molecule has 16 heavy (non-hydrogen) atoms. The van der Waals surface area contributed by atoms with Gasteiger partial charge in [-0.3, -0.25) is 0 Å². The van der Waals surface area contributed by atoms with Crippen molar-refractivity contribution in [3.63, 3.8) is 0 Å². The Kier molecular flexibility index (Phi) is 3.90. The predicted octanol–water partition coefficient (Wildman–Crippen LogP) is -0.292. The lowest BCUT2D eigenvalue weighted by Crippen LogP contribution is -2.31. The van der Waals surface area contributed by atoms with Crippen LogP contribution in [0.25, 0.3) is 0 Å². The van der Waals surface area contributed by atoms with E-state index in [-0.39, 0.29) is 0 Å². The number of sulfone groups is 1. The predicted molar refractivity (Wildman–Crippen MR) is 61.5 cm³/mol. The lowest BCUT2D eigenvalue weighted by molar-refractivity contribution is 0.138. The number of aliphatic hydroxyl groups excluding tert-OH is 2. The largest absolute Gasteiger partial charge is 0.399 e. The maximum Gasteiger partial charge on any atom is 0.155 e. The van der Waals surface area contributed by atoms with Crippen molar-refractivity contribution in [1.82, 2.24) is 0 Å². The molecule has 90 valence electrons. The molecule has 0 aliphatic heterocycles. The minimum Gasteiger partial charge on any atom is -0.399 e. The Hall–Kier alpha value is -1.11. The lowest BCUT2D eigenvalue weighted by Gasteiger charge is -2.19. The topological polar surface area (TPSA) is 101 Å². The molecular weight excluding hydrogens is 230 g/mol. The van der Waals surface area contributed by atoms with Crippen molar-refractivity contribution in [2.75, 3.05) is 18.6 Å². The minimum atomic E-state index is -3.52. The summed E-state index contributed by atoms with van der Waals surface area (Å²) in [4.78, 5) is 0. The maximum absolute atomic E-state index is 11.3. The Morgan fingerprint density at radius 1 is 1.44 bits per heavy atom. The van der Waals surface area contributed by atoms with Crippen molar-refractivity contribution in [2.24, 2.45) is 0 Å². The van der Waals surface area contributed by atoms with Crippen molar-refractivity contribution in [2.45, 2.75) is 11.4 Å². The standard InChI is InChI=1S/C10H15NO4S/c1-16(14,15)9(6-12)10(13)7-3-2-4-8(11)5-7/h2-5,9-10,12-13H,6,11H2,1H3/t9-,10+/m1/s1. The second-order valence-electron chi connectivity index (χ2n) is 3.67. The van der Waals surface area contributed by atoms with E-state index < -0.39 is 27.8 Å². The molecule has 0 aliphatic carbocycles. The van der Waals surface area contributed by atoms with E-state index in [0.717, 1.165) is 6.26 Å². The van der Waals surface area contributed by atoms with E-state index in [4.69, 9.17) is 10.8 Å². The number of rotatable bonds is 4. The van der Waals surface area contributed by atoms with Crippen LogP contribution in [0.3, 0.4) is 0 Å². The van der Waals surface area contributed by atoms with Gasteiger partial charge in [0.25, 0.3) is 0 Å². The van der Waals surface area contributed by atoms with Gasteiger partial charge in [-0.25, -0.2) is 8.42 Å². The first kappa shape index (κ1) is 13.0. The fraction of sp³-hybridized carbons (Fsp3) is 0.400. The fourth-order valence-corrected chi connectivity index (χ4v) is 2.32. The van der Waals surface area contributed by atoms with E-state index in [0.29, 0.717) is 11.3 Å². The zero-order valence-electron chi connectivity index (χ0n) is 8.87. The Morgan fingerprint density at radius 3 is 2.50 bits per heavy atom. The van der Waals surface area contributed by atoms with Gasteiger partial charge >= 0.3 is 0 Å². The zero-order valence-corrected chi connectivity index (χ0v) is 9.68. The average molecular weight is 245 g/mol. The van der Waals surface area contributed by atoms with Gasteiger partial charge in [-0.05, 0) is 17.7 Å². The van der Waals surface area contributed by atoms with E-state index in [1.165, 1.54) is 6.07 Å². The van der Waals surface area contributed by atoms with Gasteiger partial charge in [-0.15, -0.1) is 0 Å². The van der Waals surface area contributed by atoms with E-state index in [1.54, 1.807) is 18.2 Å². The zero-order chi connectivity index (χ0) is 12.3. The summed E-state index contributed by atoms with van der Waals surface area (Å²) in [5.41, 5.74) is 6.34. The lowest BCUT2D eigenvalue weighted by atomic mass is 10.1. The molecule has 5 nitrogen and oxygen atoms in total. The van der Waals surface area contributed by atoms with Gasteiger partial charge in [0.05, 0.1) is 12.7 Å². The molecule has 0 aromatic heterocycles.